The zero-order chi connectivity index (χ0) is 12.3. The molecule has 1 atom stereocenters. The van der Waals surface area contributed by atoms with Gasteiger partial charge in [-0.3, -0.25) is 0 Å². The predicted octanol–water partition coefficient (Wildman–Crippen LogP) is 3.97. The third kappa shape index (κ3) is 3.51. The summed E-state index contributed by atoms with van der Waals surface area (Å²) in [6.07, 6.45) is 2.05. The molecule has 1 unspecified atom stereocenters. The zero-order valence-electron chi connectivity index (χ0n) is 9.66. The molecule has 0 amide bonds. The van der Waals surface area contributed by atoms with E-state index in [0.29, 0.717) is 5.75 Å². The van der Waals surface area contributed by atoms with Crippen molar-refractivity contribution in [1.29, 1.82) is 0 Å². The van der Waals surface area contributed by atoms with Crippen molar-refractivity contribution >= 4 is 18.2 Å². The first kappa shape index (κ1) is 13.6. The molecule has 0 radical (unpaired) electrons. The van der Waals surface area contributed by atoms with E-state index in [-0.39, 0.29) is 0 Å². The molecule has 0 spiro atoms. The average Bonchev–Trinajstić information content (AvgIpc) is 2.16. The number of halogens is 1. The van der Waals surface area contributed by atoms with Crippen LogP contribution in [0.5, 0.6) is 5.75 Å². The highest BCUT2D eigenvalue weighted by Gasteiger charge is 2.18. The minimum Gasteiger partial charge on any atom is -0.413 e. The summed E-state index contributed by atoms with van der Waals surface area (Å²) in [6, 6.07) is 3.60. The Morgan fingerprint density at radius 1 is 1.38 bits per heavy atom. The highest BCUT2D eigenvalue weighted by molar-refractivity contribution is 7.80. The van der Waals surface area contributed by atoms with Crippen LogP contribution < -0.4 is 4.52 Å². The minimum atomic E-state index is -3.99. The lowest BCUT2D eigenvalue weighted by atomic mass is 9.99. The molecule has 1 aromatic carbocycles. The van der Waals surface area contributed by atoms with Crippen LogP contribution in [0.3, 0.4) is 0 Å². The Balaban J connectivity index is 3.07. The van der Waals surface area contributed by atoms with E-state index in [2.05, 4.69) is 6.92 Å². The van der Waals surface area contributed by atoms with Crippen molar-refractivity contribution in [3.05, 3.63) is 28.8 Å². The maximum atomic E-state index is 11.0. The lowest BCUT2D eigenvalue weighted by Gasteiger charge is -2.14. The second kappa shape index (κ2) is 5.22. The second-order valence-electron chi connectivity index (χ2n) is 3.77. The highest BCUT2D eigenvalue weighted by Crippen LogP contribution is 2.48. The summed E-state index contributed by atoms with van der Waals surface area (Å²) >= 11 is 5.18. The van der Waals surface area contributed by atoms with E-state index in [1.54, 1.807) is 6.07 Å². The van der Waals surface area contributed by atoms with E-state index in [1.165, 1.54) is 5.56 Å². The van der Waals surface area contributed by atoms with Crippen LogP contribution in [0.2, 0.25) is 0 Å². The van der Waals surface area contributed by atoms with Crippen molar-refractivity contribution in [2.45, 2.75) is 33.6 Å². The topological polar surface area (TPSA) is 46.5 Å². The third-order valence-electron chi connectivity index (χ3n) is 2.58. The summed E-state index contributed by atoms with van der Waals surface area (Å²) in [5.41, 5.74) is 3.18. The summed E-state index contributed by atoms with van der Waals surface area (Å²) in [4.78, 5) is 8.96. The van der Waals surface area contributed by atoms with E-state index in [4.69, 9.17) is 20.7 Å². The Hall–Kier alpha value is -0.500. The minimum absolute atomic E-state index is 0.373. The smallest absolute Gasteiger partial charge is 0.413 e. The second-order valence-corrected chi connectivity index (χ2v) is 6.13. The molecule has 0 aliphatic heterocycles. The van der Waals surface area contributed by atoms with Crippen molar-refractivity contribution in [3.8, 4) is 5.75 Å². The molecule has 0 bridgehead atoms. The fourth-order valence-corrected chi connectivity index (χ4v) is 2.28. The average molecular weight is 263 g/mol. The maximum Gasteiger partial charge on any atom is 0.474 e. The van der Waals surface area contributed by atoms with Gasteiger partial charge < -0.3 is 9.42 Å². The molecule has 1 aromatic rings. The van der Waals surface area contributed by atoms with Gasteiger partial charge in [-0.15, -0.1) is 0 Å². The van der Waals surface area contributed by atoms with Gasteiger partial charge in [0.25, 0.3) is 0 Å². The van der Waals surface area contributed by atoms with Gasteiger partial charge in [-0.2, -0.15) is 0 Å². The molecule has 0 heterocycles. The number of benzene rings is 1. The van der Waals surface area contributed by atoms with Gasteiger partial charge in [0.05, 0.1) is 0 Å². The third-order valence-corrected chi connectivity index (χ3v) is 3.21. The van der Waals surface area contributed by atoms with Crippen LogP contribution in [0.15, 0.2) is 12.1 Å². The van der Waals surface area contributed by atoms with Gasteiger partial charge in [-0.05, 0) is 43.0 Å². The Morgan fingerprint density at radius 3 is 2.50 bits per heavy atom. The van der Waals surface area contributed by atoms with Gasteiger partial charge in [-0.25, -0.2) is 4.57 Å². The number of hydrogen-bond acceptors (Lipinski definition) is 2. The van der Waals surface area contributed by atoms with Gasteiger partial charge >= 0.3 is 6.95 Å². The molecule has 3 nitrogen and oxygen atoms in total. The molecule has 0 fully saturated rings. The first-order valence-corrected chi connectivity index (χ1v) is 7.64. The van der Waals surface area contributed by atoms with Gasteiger partial charge in [0.1, 0.15) is 5.75 Å². The van der Waals surface area contributed by atoms with E-state index in [0.717, 1.165) is 24.0 Å². The molecular formula is C11H16ClO3P. The van der Waals surface area contributed by atoms with Gasteiger partial charge in [0.15, 0.2) is 0 Å². The van der Waals surface area contributed by atoms with Gasteiger partial charge in [0.2, 0.25) is 0 Å². The van der Waals surface area contributed by atoms with Gasteiger partial charge in [-0.1, -0.05) is 19.4 Å². The summed E-state index contributed by atoms with van der Waals surface area (Å²) < 4.78 is 15.8. The fourth-order valence-electron chi connectivity index (χ4n) is 1.61. The van der Waals surface area contributed by atoms with Crippen molar-refractivity contribution in [2.24, 2.45) is 0 Å². The zero-order valence-corrected chi connectivity index (χ0v) is 11.3. The van der Waals surface area contributed by atoms with Crippen molar-refractivity contribution in [1.82, 2.24) is 0 Å². The van der Waals surface area contributed by atoms with E-state index in [9.17, 15) is 4.57 Å². The van der Waals surface area contributed by atoms with Crippen LogP contribution in [0.25, 0.3) is 0 Å². The van der Waals surface area contributed by atoms with Crippen LogP contribution >= 0.6 is 18.2 Å². The molecule has 5 heteroatoms. The lowest BCUT2D eigenvalue weighted by molar-refractivity contribution is 0.399. The number of aryl methyl sites for hydroxylation is 1. The largest absolute Gasteiger partial charge is 0.474 e. The summed E-state index contributed by atoms with van der Waals surface area (Å²) in [5.74, 6) is 0.373. The van der Waals surface area contributed by atoms with Crippen LogP contribution in [-0.4, -0.2) is 4.89 Å². The maximum absolute atomic E-state index is 11.0. The van der Waals surface area contributed by atoms with Crippen molar-refractivity contribution in [3.63, 3.8) is 0 Å². The Kier molecular flexibility index (Phi) is 4.43. The molecule has 1 N–H and O–H groups in total. The van der Waals surface area contributed by atoms with E-state index in [1.807, 2.05) is 19.9 Å². The van der Waals surface area contributed by atoms with Crippen LogP contribution in [0.1, 0.15) is 30.0 Å². The van der Waals surface area contributed by atoms with Crippen molar-refractivity contribution < 1.29 is 14.0 Å². The molecular weight excluding hydrogens is 247 g/mol. The highest BCUT2D eigenvalue weighted by atomic mass is 35.7. The molecule has 1 rings (SSSR count). The van der Waals surface area contributed by atoms with Gasteiger partial charge in [0, 0.05) is 11.2 Å². The molecule has 16 heavy (non-hydrogen) atoms. The molecule has 0 saturated heterocycles. The molecule has 0 aliphatic rings. The number of hydrogen-bond donors (Lipinski definition) is 1. The standard InChI is InChI=1S/C11H16ClO3P/c1-4-5-10-6-7-11(9(3)8(10)2)15-16(12,13)14/h6-7H,4-5H2,1-3H3,(H,13,14). The predicted molar refractivity (Wildman–Crippen MR) is 66.2 cm³/mol. The molecule has 0 aliphatic carbocycles. The van der Waals surface area contributed by atoms with Crippen LogP contribution in [-0.2, 0) is 11.0 Å². The number of rotatable bonds is 4. The quantitative estimate of drug-likeness (QED) is 0.835. The first-order valence-electron chi connectivity index (χ1n) is 5.16. The summed E-state index contributed by atoms with van der Waals surface area (Å²) in [5, 5.41) is 0. The fraction of sp³-hybridized carbons (Fsp3) is 0.455. The molecule has 0 saturated carbocycles. The normalized spacial score (nSPS) is 14.6. The lowest BCUT2D eigenvalue weighted by Crippen LogP contribution is -1.96. The Morgan fingerprint density at radius 2 is 2.00 bits per heavy atom. The first-order chi connectivity index (χ1) is 7.35. The van der Waals surface area contributed by atoms with Crippen molar-refractivity contribution in [2.75, 3.05) is 0 Å². The summed E-state index contributed by atoms with van der Waals surface area (Å²) in [7, 11) is 0. The molecule has 0 aromatic heterocycles. The Labute approximate surface area is 101 Å². The van der Waals surface area contributed by atoms with Crippen LogP contribution in [0.4, 0.5) is 0 Å². The molecule has 90 valence electrons. The monoisotopic (exact) mass is 262 g/mol. The van der Waals surface area contributed by atoms with Crippen LogP contribution in [0, 0.1) is 13.8 Å². The Bertz CT molecular complexity index is 425. The summed E-state index contributed by atoms with van der Waals surface area (Å²) in [6.45, 7) is 1.95. The SMILES string of the molecule is CCCc1ccc(OP(=O)(O)Cl)c(C)c1C. The van der Waals surface area contributed by atoms with E-state index >= 15 is 0 Å². The van der Waals surface area contributed by atoms with E-state index < -0.39 is 6.95 Å².